The van der Waals surface area contributed by atoms with Crippen molar-refractivity contribution in [1.82, 2.24) is 9.97 Å². The number of hydrogen-bond acceptors (Lipinski definition) is 3. The highest BCUT2D eigenvalue weighted by molar-refractivity contribution is 7.18. The zero-order chi connectivity index (χ0) is 10.3. The highest BCUT2D eigenvalue weighted by atomic mass is 35.5. The lowest BCUT2D eigenvalue weighted by atomic mass is 9.94. The molecule has 0 N–H and O–H groups in total. The predicted molar refractivity (Wildman–Crippen MR) is 61.1 cm³/mol. The zero-order valence-electron chi connectivity index (χ0n) is 8.34. The first-order valence-corrected chi connectivity index (χ1v) is 5.59. The summed E-state index contributed by atoms with van der Waals surface area (Å²) in [6, 6.07) is 2.14. The Labute approximate surface area is 92.0 Å². The van der Waals surface area contributed by atoms with Crippen molar-refractivity contribution in [3.63, 3.8) is 0 Å². The summed E-state index contributed by atoms with van der Waals surface area (Å²) in [5, 5.41) is 1.39. The smallest absolute Gasteiger partial charge is 0.223 e. The minimum atomic E-state index is 0.165. The monoisotopic (exact) mass is 226 g/mol. The first-order chi connectivity index (χ1) is 6.47. The van der Waals surface area contributed by atoms with Crippen LogP contribution >= 0.6 is 22.9 Å². The SMILES string of the molecule is CC(C)(C)c1cc2cnc(Cl)nc2s1. The number of nitrogens with zero attached hydrogens (tertiary/aromatic N) is 2. The fraction of sp³-hybridized carbons (Fsp3) is 0.400. The maximum absolute atomic E-state index is 5.73. The maximum Gasteiger partial charge on any atom is 0.223 e. The van der Waals surface area contributed by atoms with Crippen molar-refractivity contribution in [1.29, 1.82) is 0 Å². The molecule has 2 aromatic heterocycles. The Hall–Kier alpha value is -0.670. The minimum absolute atomic E-state index is 0.165. The minimum Gasteiger partial charge on any atom is -0.226 e. The van der Waals surface area contributed by atoms with Gasteiger partial charge in [0.2, 0.25) is 5.28 Å². The van der Waals surface area contributed by atoms with Crippen molar-refractivity contribution in [3.8, 4) is 0 Å². The molecule has 0 aliphatic rings. The molecule has 0 unspecified atom stereocenters. The molecule has 0 spiro atoms. The molecule has 74 valence electrons. The predicted octanol–water partition coefficient (Wildman–Crippen LogP) is 3.64. The summed E-state index contributed by atoms with van der Waals surface area (Å²) in [5.41, 5.74) is 0.165. The highest BCUT2D eigenvalue weighted by Gasteiger charge is 2.17. The van der Waals surface area contributed by atoms with Gasteiger partial charge in [-0.1, -0.05) is 20.8 Å². The van der Waals surface area contributed by atoms with E-state index >= 15 is 0 Å². The van der Waals surface area contributed by atoms with E-state index in [2.05, 4.69) is 36.8 Å². The van der Waals surface area contributed by atoms with Crippen molar-refractivity contribution >= 4 is 33.2 Å². The van der Waals surface area contributed by atoms with Gasteiger partial charge in [-0.2, -0.15) is 0 Å². The molecule has 0 saturated carbocycles. The van der Waals surface area contributed by atoms with Gasteiger partial charge in [-0.3, -0.25) is 0 Å². The van der Waals surface area contributed by atoms with Crippen LogP contribution in [-0.4, -0.2) is 9.97 Å². The molecule has 2 heterocycles. The summed E-state index contributed by atoms with van der Waals surface area (Å²) in [5.74, 6) is 0. The van der Waals surface area contributed by atoms with Crippen LogP contribution in [0.25, 0.3) is 10.2 Å². The molecule has 0 bridgehead atoms. The second-order valence-electron chi connectivity index (χ2n) is 4.26. The first kappa shape index (κ1) is 9.87. The average molecular weight is 227 g/mol. The molecule has 2 aromatic rings. The maximum atomic E-state index is 5.73. The quantitative estimate of drug-likeness (QED) is 0.641. The van der Waals surface area contributed by atoms with E-state index in [4.69, 9.17) is 11.6 Å². The van der Waals surface area contributed by atoms with Crippen molar-refractivity contribution in [3.05, 3.63) is 22.4 Å². The molecule has 0 aliphatic carbocycles. The van der Waals surface area contributed by atoms with Crippen LogP contribution in [0.2, 0.25) is 5.28 Å². The molecule has 2 rings (SSSR count). The standard InChI is InChI=1S/C10H11ClN2S/c1-10(2,3)7-4-6-5-12-9(11)13-8(6)14-7/h4-5H,1-3H3. The van der Waals surface area contributed by atoms with Crippen LogP contribution in [0.3, 0.4) is 0 Å². The normalized spacial score (nSPS) is 12.3. The van der Waals surface area contributed by atoms with Gasteiger partial charge < -0.3 is 0 Å². The van der Waals surface area contributed by atoms with Crippen LogP contribution in [0.5, 0.6) is 0 Å². The number of aromatic nitrogens is 2. The number of hydrogen-bond donors (Lipinski definition) is 0. The topological polar surface area (TPSA) is 25.8 Å². The van der Waals surface area contributed by atoms with Gasteiger partial charge in [0.15, 0.2) is 0 Å². The van der Waals surface area contributed by atoms with Crippen LogP contribution in [0.15, 0.2) is 12.3 Å². The van der Waals surface area contributed by atoms with Gasteiger partial charge in [-0.05, 0) is 23.1 Å². The molecule has 4 heteroatoms. The Morgan fingerprint density at radius 2 is 2.07 bits per heavy atom. The summed E-state index contributed by atoms with van der Waals surface area (Å²) < 4.78 is 0. The Bertz CT molecular complexity index is 470. The van der Waals surface area contributed by atoms with E-state index in [0.29, 0.717) is 5.28 Å². The number of fused-ring (bicyclic) bond motifs is 1. The number of halogens is 1. The van der Waals surface area contributed by atoms with Gasteiger partial charge in [-0.25, -0.2) is 9.97 Å². The average Bonchev–Trinajstić information content (AvgIpc) is 2.45. The molecule has 0 aromatic carbocycles. The zero-order valence-corrected chi connectivity index (χ0v) is 9.91. The van der Waals surface area contributed by atoms with E-state index in [1.807, 2.05) is 0 Å². The van der Waals surface area contributed by atoms with Crippen molar-refractivity contribution in [2.75, 3.05) is 0 Å². The van der Waals surface area contributed by atoms with Crippen LogP contribution in [0.4, 0.5) is 0 Å². The fourth-order valence-corrected chi connectivity index (χ4v) is 2.43. The van der Waals surface area contributed by atoms with E-state index in [9.17, 15) is 0 Å². The van der Waals surface area contributed by atoms with E-state index in [1.54, 1.807) is 17.5 Å². The number of thiophene rings is 1. The molecule has 2 nitrogen and oxygen atoms in total. The van der Waals surface area contributed by atoms with Crippen LogP contribution in [0.1, 0.15) is 25.6 Å². The summed E-state index contributed by atoms with van der Waals surface area (Å²) in [6.45, 7) is 6.56. The molecule has 0 fully saturated rings. The Morgan fingerprint density at radius 1 is 1.36 bits per heavy atom. The Morgan fingerprint density at radius 3 is 2.71 bits per heavy atom. The van der Waals surface area contributed by atoms with Crippen molar-refractivity contribution in [2.24, 2.45) is 0 Å². The van der Waals surface area contributed by atoms with Gasteiger partial charge in [0.1, 0.15) is 4.83 Å². The summed E-state index contributed by atoms with van der Waals surface area (Å²) in [7, 11) is 0. The van der Waals surface area contributed by atoms with E-state index in [0.717, 1.165) is 10.2 Å². The van der Waals surface area contributed by atoms with Gasteiger partial charge in [-0.15, -0.1) is 11.3 Å². The molecule has 0 saturated heterocycles. The molecule has 0 atom stereocenters. The molecule has 0 aliphatic heterocycles. The Balaban J connectivity index is 2.63. The second-order valence-corrected chi connectivity index (χ2v) is 5.63. The van der Waals surface area contributed by atoms with Gasteiger partial charge in [0.05, 0.1) is 0 Å². The second kappa shape index (κ2) is 3.17. The third-order valence-electron chi connectivity index (χ3n) is 1.98. The lowest BCUT2D eigenvalue weighted by molar-refractivity contribution is 0.604. The van der Waals surface area contributed by atoms with E-state index in [1.165, 1.54) is 4.88 Å². The molecule has 0 radical (unpaired) electrons. The lowest BCUT2D eigenvalue weighted by Gasteiger charge is -2.14. The van der Waals surface area contributed by atoms with Gasteiger partial charge in [0.25, 0.3) is 0 Å². The lowest BCUT2D eigenvalue weighted by Crippen LogP contribution is -2.07. The number of rotatable bonds is 0. The van der Waals surface area contributed by atoms with Crippen molar-refractivity contribution < 1.29 is 0 Å². The van der Waals surface area contributed by atoms with Gasteiger partial charge in [0, 0.05) is 16.5 Å². The third-order valence-corrected chi connectivity index (χ3v) is 3.64. The van der Waals surface area contributed by atoms with Crippen LogP contribution in [-0.2, 0) is 5.41 Å². The molecular formula is C10H11ClN2S. The van der Waals surface area contributed by atoms with E-state index in [-0.39, 0.29) is 5.41 Å². The van der Waals surface area contributed by atoms with E-state index < -0.39 is 0 Å². The fourth-order valence-electron chi connectivity index (χ4n) is 1.18. The molecular weight excluding hydrogens is 216 g/mol. The van der Waals surface area contributed by atoms with Crippen LogP contribution in [0, 0.1) is 0 Å². The molecule has 0 amide bonds. The highest BCUT2D eigenvalue weighted by Crippen LogP contribution is 2.33. The van der Waals surface area contributed by atoms with Crippen molar-refractivity contribution in [2.45, 2.75) is 26.2 Å². The Kier molecular flexibility index (Phi) is 2.24. The summed E-state index contributed by atoms with van der Waals surface area (Å²) in [6.07, 6.45) is 1.77. The van der Waals surface area contributed by atoms with Crippen LogP contribution < -0.4 is 0 Å². The summed E-state index contributed by atoms with van der Waals surface area (Å²) in [4.78, 5) is 10.4. The largest absolute Gasteiger partial charge is 0.226 e. The summed E-state index contributed by atoms with van der Waals surface area (Å²) >= 11 is 7.41. The first-order valence-electron chi connectivity index (χ1n) is 4.39. The molecule has 14 heavy (non-hydrogen) atoms. The third kappa shape index (κ3) is 1.74. The van der Waals surface area contributed by atoms with Gasteiger partial charge >= 0.3 is 0 Å².